The molecule has 2 rings (SSSR count). The van der Waals surface area contributed by atoms with Crippen molar-refractivity contribution >= 4 is 17.2 Å². The highest BCUT2D eigenvalue weighted by Gasteiger charge is 2.17. The van der Waals surface area contributed by atoms with Crippen LogP contribution in [0.1, 0.15) is 29.0 Å². The quantitative estimate of drug-likeness (QED) is 0.793. The van der Waals surface area contributed by atoms with Gasteiger partial charge in [0.1, 0.15) is 6.61 Å². The summed E-state index contributed by atoms with van der Waals surface area (Å²) in [6, 6.07) is 4.06. The lowest BCUT2D eigenvalue weighted by molar-refractivity contribution is -0.139. The van der Waals surface area contributed by atoms with Crippen LogP contribution in [0, 0.1) is 6.92 Å². The lowest BCUT2D eigenvalue weighted by Crippen LogP contribution is -2.36. The lowest BCUT2D eigenvalue weighted by atomic mass is 10.1. The molecule has 22 heavy (non-hydrogen) atoms. The van der Waals surface area contributed by atoms with Crippen molar-refractivity contribution in [1.29, 1.82) is 0 Å². The number of nitrogens with zero attached hydrogens (tertiary/aromatic N) is 1. The second-order valence-corrected chi connectivity index (χ2v) is 6.93. The topological polar surface area (TPSA) is 59.0 Å². The molecular weight excluding hydrogens is 302 g/mol. The molecule has 0 radical (unpaired) electrons. The summed E-state index contributed by atoms with van der Waals surface area (Å²) in [7, 11) is 0. The van der Waals surface area contributed by atoms with Gasteiger partial charge in [-0.1, -0.05) is 0 Å². The van der Waals surface area contributed by atoms with E-state index in [1.165, 1.54) is 4.88 Å². The van der Waals surface area contributed by atoms with Crippen molar-refractivity contribution in [3.05, 3.63) is 21.9 Å². The standard InChI is InChI=1S/C16H25NO4S/c1-13-5-6-15(22-13)10-17(7-8-18)16(19)12-20-11-14-4-2-3-9-21-14/h5-6,14,18H,2-4,7-12H2,1H3/t14-/m0/s1. The predicted octanol–water partition coefficient (Wildman–Crippen LogP) is 1.96. The molecule has 1 saturated heterocycles. The van der Waals surface area contributed by atoms with Crippen molar-refractivity contribution in [2.75, 3.05) is 33.0 Å². The lowest BCUT2D eigenvalue weighted by Gasteiger charge is -2.24. The van der Waals surface area contributed by atoms with Crippen LogP contribution in [-0.2, 0) is 20.8 Å². The van der Waals surface area contributed by atoms with Gasteiger partial charge in [-0.15, -0.1) is 11.3 Å². The van der Waals surface area contributed by atoms with Gasteiger partial charge in [0, 0.05) is 22.9 Å². The number of ether oxygens (including phenoxy) is 2. The summed E-state index contributed by atoms with van der Waals surface area (Å²) in [4.78, 5) is 16.2. The molecule has 0 bridgehead atoms. The molecule has 0 spiro atoms. The predicted molar refractivity (Wildman–Crippen MR) is 86.0 cm³/mol. The Morgan fingerprint density at radius 1 is 1.50 bits per heavy atom. The number of carbonyl (C=O) groups excluding carboxylic acids is 1. The maximum atomic E-state index is 12.2. The fraction of sp³-hybridized carbons (Fsp3) is 0.688. The monoisotopic (exact) mass is 327 g/mol. The third-order valence-electron chi connectivity index (χ3n) is 3.67. The van der Waals surface area contributed by atoms with E-state index in [-0.39, 0.29) is 25.2 Å². The Labute approximate surface area is 135 Å². The molecule has 1 aromatic rings. The number of thiophene rings is 1. The Balaban J connectivity index is 1.75. The molecule has 2 heterocycles. The summed E-state index contributed by atoms with van der Waals surface area (Å²) in [6.07, 6.45) is 3.40. The molecule has 1 amide bonds. The van der Waals surface area contributed by atoms with E-state index in [1.54, 1.807) is 16.2 Å². The maximum Gasteiger partial charge on any atom is 0.248 e. The average molecular weight is 327 g/mol. The van der Waals surface area contributed by atoms with Crippen molar-refractivity contribution in [3.63, 3.8) is 0 Å². The fourth-order valence-corrected chi connectivity index (χ4v) is 3.38. The maximum absolute atomic E-state index is 12.2. The van der Waals surface area contributed by atoms with Gasteiger partial charge in [-0.25, -0.2) is 0 Å². The van der Waals surface area contributed by atoms with E-state index >= 15 is 0 Å². The van der Waals surface area contributed by atoms with Crippen LogP contribution in [0.2, 0.25) is 0 Å². The van der Waals surface area contributed by atoms with Gasteiger partial charge >= 0.3 is 0 Å². The van der Waals surface area contributed by atoms with Gasteiger partial charge in [0.15, 0.2) is 0 Å². The van der Waals surface area contributed by atoms with Gasteiger partial charge in [0.2, 0.25) is 5.91 Å². The summed E-state index contributed by atoms with van der Waals surface area (Å²) in [6.45, 7) is 4.17. The minimum Gasteiger partial charge on any atom is -0.395 e. The zero-order valence-corrected chi connectivity index (χ0v) is 13.9. The van der Waals surface area contributed by atoms with Crippen LogP contribution in [0.4, 0.5) is 0 Å². The number of hydrogen-bond acceptors (Lipinski definition) is 5. The SMILES string of the molecule is Cc1ccc(CN(CCO)C(=O)COC[C@@H]2CCCCO2)s1. The van der Waals surface area contributed by atoms with Crippen molar-refractivity contribution in [2.24, 2.45) is 0 Å². The molecule has 124 valence electrons. The van der Waals surface area contributed by atoms with Crippen LogP contribution in [-0.4, -0.2) is 55.0 Å². The Kier molecular flexibility index (Phi) is 7.32. The van der Waals surface area contributed by atoms with E-state index in [0.717, 1.165) is 30.7 Å². The van der Waals surface area contributed by atoms with Gasteiger partial charge in [-0.2, -0.15) is 0 Å². The Bertz CT molecular complexity index is 457. The fourth-order valence-electron chi connectivity index (χ4n) is 2.48. The van der Waals surface area contributed by atoms with Gasteiger partial charge in [0.25, 0.3) is 0 Å². The Morgan fingerprint density at radius 3 is 3.00 bits per heavy atom. The molecule has 5 nitrogen and oxygen atoms in total. The average Bonchev–Trinajstić information content (AvgIpc) is 2.93. The van der Waals surface area contributed by atoms with Crippen molar-refractivity contribution in [2.45, 2.75) is 38.8 Å². The third kappa shape index (κ3) is 5.68. The number of aliphatic hydroxyl groups is 1. The first-order valence-corrected chi connectivity index (χ1v) is 8.64. The van der Waals surface area contributed by atoms with Crippen LogP contribution in [0.15, 0.2) is 12.1 Å². The minimum absolute atomic E-state index is 0.0398. The molecule has 0 aromatic carbocycles. The molecule has 0 unspecified atom stereocenters. The van der Waals surface area contributed by atoms with Crippen LogP contribution in [0.3, 0.4) is 0 Å². The largest absolute Gasteiger partial charge is 0.395 e. The van der Waals surface area contributed by atoms with Crippen molar-refractivity contribution in [1.82, 2.24) is 4.90 Å². The highest BCUT2D eigenvalue weighted by atomic mass is 32.1. The van der Waals surface area contributed by atoms with Gasteiger partial charge < -0.3 is 19.5 Å². The molecule has 1 aliphatic heterocycles. The summed E-state index contributed by atoms with van der Waals surface area (Å²) in [5.74, 6) is -0.0871. The normalized spacial score (nSPS) is 18.4. The number of hydrogen-bond donors (Lipinski definition) is 1. The van der Waals surface area contributed by atoms with Crippen LogP contribution < -0.4 is 0 Å². The van der Waals surface area contributed by atoms with E-state index in [0.29, 0.717) is 19.7 Å². The number of rotatable bonds is 8. The van der Waals surface area contributed by atoms with Crippen LogP contribution in [0.25, 0.3) is 0 Å². The molecule has 0 saturated carbocycles. The second-order valence-electron chi connectivity index (χ2n) is 5.55. The van der Waals surface area contributed by atoms with Crippen molar-refractivity contribution < 1.29 is 19.4 Å². The number of aliphatic hydroxyl groups excluding tert-OH is 1. The third-order valence-corrected chi connectivity index (χ3v) is 4.65. The zero-order valence-electron chi connectivity index (χ0n) is 13.1. The molecular formula is C16H25NO4S. The highest BCUT2D eigenvalue weighted by Crippen LogP contribution is 2.17. The van der Waals surface area contributed by atoms with Crippen molar-refractivity contribution in [3.8, 4) is 0 Å². The molecule has 1 aliphatic rings. The zero-order chi connectivity index (χ0) is 15.8. The minimum atomic E-state index is -0.0871. The van der Waals surface area contributed by atoms with E-state index in [1.807, 2.05) is 19.1 Å². The van der Waals surface area contributed by atoms with E-state index in [2.05, 4.69) is 0 Å². The number of carbonyl (C=O) groups is 1. The second kappa shape index (κ2) is 9.25. The Morgan fingerprint density at radius 2 is 2.36 bits per heavy atom. The first-order chi connectivity index (χ1) is 10.7. The highest BCUT2D eigenvalue weighted by molar-refractivity contribution is 7.11. The molecule has 1 aromatic heterocycles. The molecule has 1 atom stereocenters. The molecule has 1 N–H and O–H groups in total. The molecule has 0 aliphatic carbocycles. The first-order valence-electron chi connectivity index (χ1n) is 7.82. The summed E-state index contributed by atoms with van der Waals surface area (Å²) >= 11 is 1.67. The van der Waals surface area contributed by atoms with Crippen LogP contribution >= 0.6 is 11.3 Å². The van der Waals surface area contributed by atoms with Gasteiger partial charge in [0.05, 0.1) is 25.9 Å². The summed E-state index contributed by atoms with van der Waals surface area (Å²) in [5.41, 5.74) is 0. The van der Waals surface area contributed by atoms with E-state index in [4.69, 9.17) is 14.6 Å². The number of amides is 1. The molecule has 1 fully saturated rings. The van der Waals surface area contributed by atoms with E-state index < -0.39 is 0 Å². The van der Waals surface area contributed by atoms with E-state index in [9.17, 15) is 4.79 Å². The summed E-state index contributed by atoms with van der Waals surface area (Å²) in [5, 5.41) is 9.15. The van der Waals surface area contributed by atoms with Crippen LogP contribution in [0.5, 0.6) is 0 Å². The molecule has 6 heteroatoms. The smallest absolute Gasteiger partial charge is 0.248 e. The first kappa shape index (κ1) is 17.4. The van der Waals surface area contributed by atoms with Gasteiger partial charge in [-0.05, 0) is 38.3 Å². The Hall–Kier alpha value is -0.950. The number of aryl methyl sites for hydroxylation is 1. The van der Waals surface area contributed by atoms with Gasteiger partial charge in [-0.3, -0.25) is 4.79 Å². The summed E-state index contributed by atoms with van der Waals surface area (Å²) < 4.78 is 11.1.